The number of nitrogens with zero attached hydrogens (tertiary/aromatic N) is 3. The van der Waals surface area contributed by atoms with Crippen molar-refractivity contribution in [1.82, 2.24) is 4.98 Å². The van der Waals surface area contributed by atoms with Crippen LogP contribution in [-0.4, -0.2) is 37.1 Å². The van der Waals surface area contributed by atoms with Gasteiger partial charge < -0.3 is 15.1 Å². The fourth-order valence-corrected chi connectivity index (χ4v) is 2.79. The molecule has 0 bridgehead atoms. The highest BCUT2D eigenvalue weighted by molar-refractivity contribution is 5.89. The molecule has 0 radical (unpaired) electrons. The highest BCUT2D eigenvalue weighted by atomic mass is 19.1. The van der Waals surface area contributed by atoms with E-state index in [2.05, 4.69) is 20.1 Å². The Labute approximate surface area is 141 Å². The molecular weight excluding hydrogens is 307 g/mol. The monoisotopic (exact) mass is 328 g/mol. The molecule has 1 fully saturated rings. The standard InChI is InChI=1S/C18H21FN4O/c1-2-18(24)21-17-8-7-14(13-20-17)22-9-11-23(12-10-22)16-6-4-3-5-15(16)19/h3-8,13H,2,9-12H2,1H3,(H,20,21,24). The second-order valence-corrected chi connectivity index (χ2v) is 5.73. The van der Waals surface area contributed by atoms with Gasteiger partial charge in [-0.3, -0.25) is 4.79 Å². The topological polar surface area (TPSA) is 48.5 Å². The van der Waals surface area contributed by atoms with E-state index in [9.17, 15) is 9.18 Å². The van der Waals surface area contributed by atoms with Gasteiger partial charge in [-0.1, -0.05) is 19.1 Å². The van der Waals surface area contributed by atoms with Gasteiger partial charge in [0.05, 0.1) is 17.6 Å². The van der Waals surface area contributed by atoms with Gasteiger partial charge in [0.2, 0.25) is 5.91 Å². The number of anilines is 3. The van der Waals surface area contributed by atoms with Crippen molar-refractivity contribution >= 4 is 23.1 Å². The molecule has 1 aliphatic heterocycles. The van der Waals surface area contributed by atoms with Crippen LogP contribution >= 0.6 is 0 Å². The second-order valence-electron chi connectivity index (χ2n) is 5.73. The Morgan fingerprint density at radius 1 is 1.12 bits per heavy atom. The van der Waals surface area contributed by atoms with E-state index in [4.69, 9.17) is 0 Å². The Hall–Kier alpha value is -2.63. The fourth-order valence-electron chi connectivity index (χ4n) is 2.79. The quantitative estimate of drug-likeness (QED) is 0.937. The molecule has 126 valence electrons. The Balaban J connectivity index is 1.60. The average Bonchev–Trinajstić information content (AvgIpc) is 2.63. The minimum absolute atomic E-state index is 0.0475. The van der Waals surface area contributed by atoms with Crippen LogP contribution in [0.15, 0.2) is 42.6 Å². The van der Waals surface area contributed by atoms with Crippen LogP contribution in [0.3, 0.4) is 0 Å². The number of pyridine rings is 1. The summed E-state index contributed by atoms with van der Waals surface area (Å²) in [5.74, 6) is 0.341. The molecule has 1 aromatic heterocycles. The van der Waals surface area contributed by atoms with E-state index < -0.39 is 0 Å². The van der Waals surface area contributed by atoms with E-state index >= 15 is 0 Å². The molecule has 3 rings (SSSR count). The lowest BCUT2D eigenvalue weighted by molar-refractivity contribution is -0.115. The van der Waals surface area contributed by atoms with Gasteiger partial charge in [-0.15, -0.1) is 0 Å². The van der Waals surface area contributed by atoms with Gasteiger partial charge in [-0.05, 0) is 24.3 Å². The number of carbonyl (C=O) groups is 1. The van der Waals surface area contributed by atoms with Gasteiger partial charge in [0.1, 0.15) is 11.6 Å². The van der Waals surface area contributed by atoms with Crippen molar-refractivity contribution in [1.29, 1.82) is 0 Å². The molecule has 2 aromatic rings. The molecule has 1 amide bonds. The van der Waals surface area contributed by atoms with Gasteiger partial charge in [0.25, 0.3) is 0 Å². The van der Waals surface area contributed by atoms with E-state index in [0.29, 0.717) is 17.9 Å². The summed E-state index contributed by atoms with van der Waals surface area (Å²) in [7, 11) is 0. The lowest BCUT2D eigenvalue weighted by Gasteiger charge is -2.37. The number of rotatable bonds is 4. The zero-order valence-electron chi connectivity index (χ0n) is 13.7. The van der Waals surface area contributed by atoms with E-state index in [1.165, 1.54) is 6.07 Å². The summed E-state index contributed by atoms with van der Waals surface area (Å²) in [5, 5.41) is 2.74. The van der Waals surface area contributed by atoms with Gasteiger partial charge in [-0.2, -0.15) is 0 Å². The van der Waals surface area contributed by atoms with Crippen LogP contribution in [0.5, 0.6) is 0 Å². The Morgan fingerprint density at radius 3 is 2.46 bits per heavy atom. The summed E-state index contributed by atoms with van der Waals surface area (Å²) in [6.07, 6.45) is 2.20. The molecule has 0 spiro atoms. The number of para-hydroxylation sites is 1. The zero-order chi connectivity index (χ0) is 16.9. The molecule has 6 heteroatoms. The molecule has 5 nitrogen and oxygen atoms in total. The van der Waals surface area contributed by atoms with Crippen LogP contribution in [0.2, 0.25) is 0 Å². The smallest absolute Gasteiger partial charge is 0.225 e. The highest BCUT2D eigenvalue weighted by Gasteiger charge is 2.19. The average molecular weight is 328 g/mol. The summed E-state index contributed by atoms with van der Waals surface area (Å²) < 4.78 is 13.9. The van der Waals surface area contributed by atoms with Crippen molar-refractivity contribution in [2.45, 2.75) is 13.3 Å². The van der Waals surface area contributed by atoms with Crippen LogP contribution in [0.25, 0.3) is 0 Å². The van der Waals surface area contributed by atoms with Crippen LogP contribution in [0, 0.1) is 5.82 Å². The van der Waals surface area contributed by atoms with Gasteiger partial charge >= 0.3 is 0 Å². The number of nitrogens with one attached hydrogen (secondary N) is 1. The molecule has 24 heavy (non-hydrogen) atoms. The van der Waals surface area contributed by atoms with Crippen molar-refractivity contribution in [3.63, 3.8) is 0 Å². The third-order valence-electron chi connectivity index (χ3n) is 4.17. The summed E-state index contributed by atoms with van der Waals surface area (Å²) in [6, 6.07) is 10.6. The minimum atomic E-state index is -0.177. The number of piperazine rings is 1. The predicted octanol–water partition coefficient (Wildman–Crippen LogP) is 2.90. The van der Waals surface area contributed by atoms with Crippen LogP contribution in [-0.2, 0) is 4.79 Å². The van der Waals surface area contributed by atoms with Crippen LogP contribution in [0.4, 0.5) is 21.6 Å². The van der Waals surface area contributed by atoms with Crippen LogP contribution < -0.4 is 15.1 Å². The molecule has 0 aliphatic carbocycles. The molecule has 0 saturated carbocycles. The molecule has 2 heterocycles. The maximum absolute atomic E-state index is 13.9. The first kappa shape index (κ1) is 16.2. The molecular formula is C18H21FN4O. The first-order valence-electron chi connectivity index (χ1n) is 8.17. The summed E-state index contributed by atoms with van der Waals surface area (Å²) >= 11 is 0. The third-order valence-corrected chi connectivity index (χ3v) is 4.17. The molecule has 1 N–H and O–H groups in total. The third kappa shape index (κ3) is 3.64. The number of benzene rings is 1. The maximum atomic E-state index is 13.9. The second kappa shape index (κ2) is 7.29. The van der Waals surface area contributed by atoms with Crippen molar-refractivity contribution in [2.24, 2.45) is 0 Å². The number of amides is 1. The van der Waals surface area contributed by atoms with Crippen molar-refractivity contribution in [3.05, 3.63) is 48.4 Å². The lowest BCUT2D eigenvalue weighted by atomic mass is 10.2. The summed E-state index contributed by atoms with van der Waals surface area (Å²) in [4.78, 5) is 19.9. The number of hydrogen-bond donors (Lipinski definition) is 1. The van der Waals surface area contributed by atoms with E-state index in [1.54, 1.807) is 19.2 Å². The fraction of sp³-hybridized carbons (Fsp3) is 0.333. The van der Waals surface area contributed by atoms with Crippen molar-refractivity contribution < 1.29 is 9.18 Å². The number of halogens is 1. The first-order valence-corrected chi connectivity index (χ1v) is 8.17. The summed E-state index contributed by atoms with van der Waals surface area (Å²) in [5.41, 5.74) is 1.67. The van der Waals surface area contributed by atoms with Gasteiger partial charge in [-0.25, -0.2) is 9.37 Å². The largest absolute Gasteiger partial charge is 0.367 e. The van der Waals surface area contributed by atoms with Gasteiger partial charge in [0.15, 0.2) is 0 Å². The Kier molecular flexibility index (Phi) is 4.93. The first-order chi connectivity index (χ1) is 11.7. The molecule has 0 unspecified atom stereocenters. The molecule has 0 atom stereocenters. The number of carbonyl (C=O) groups excluding carboxylic acids is 1. The van der Waals surface area contributed by atoms with Crippen LogP contribution in [0.1, 0.15) is 13.3 Å². The highest BCUT2D eigenvalue weighted by Crippen LogP contribution is 2.23. The zero-order valence-corrected chi connectivity index (χ0v) is 13.7. The predicted molar refractivity (Wildman–Crippen MR) is 94.0 cm³/mol. The number of hydrogen-bond acceptors (Lipinski definition) is 4. The van der Waals surface area contributed by atoms with Crippen molar-refractivity contribution in [2.75, 3.05) is 41.3 Å². The lowest BCUT2D eigenvalue weighted by Crippen LogP contribution is -2.46. The van der Waals surface area contributed by atoms with E-state index in [0.717, 1.165) is 31.9 Å². The normalized spacial score (nSPS) is 14.6. The molecule has 1 saturated heterocycles. The van der Waals surface area contributed by atoms with E-state index in [1.807, 2.05) is 24.3 Å². The van der Waals surface area contributed by atoms with Gasteiger partial charge in [0, 0.05) is 32.6 Å². The minimum Gasteiger partial charge on any atom is -0.367 e. The SMILES string of the molecule is CCC(=O)Nc1ccc(N2CCN(c3ccccc3F)CC2)cn1. The molecule has 1 aliphatic rings. The van der Waals surface area contributed by atoms with Crippen molar-refractivity contribution in [3.8, 4) is 0 Å². The Bertz CT molecular complexity index is 696. The number of aromatic nitrogens is 1. The Morgan fingerprint density at radius 2 is 1.83 bits per heavy atom. The molecule has 1 aromatic carbocycles. The van der Waals surface area contributed by atoms with E-state index in [-0.39, 0.29) is 11.7 Å². The maximum Gasteiger partial charge on any atom is 0.225 e. The summed E-state index contributed by atoms with van der Waals surface area (Å²) in [6.45, 7) is 4.93.